The van der Waals surface area contributed by atoms with Gasteiger partial charge in [-0.2, -0.15) is 4.37 Å². The molecule has 0 fully saturated rings. The van der Waals surface area contributed by atoms with E-state index in [0.29, 0.717) is 0 Å². The van der Waals surface area contributed by atoms with E-state index in [1.165, 1.54) is 11.5 Å². The first-order valence-electron chi connectivity index (χ1n) is 4.25. The Kier molecular flexibility index (Phi) is 3.03. The molecule has 4 heteroatoms. The van der Waals surface area contributed by atoms with E-state index in [-0.39, 0.29) is 5.54 Å². The summed E-state index contributed by atoms with van der Waals surface area (Å²) >= 11 is 1.41. The summed E-state index contributed by atoms with van der Waals surface area (Å²) in [4.78, 5) is 4.09. The van der Waals surface area contributed by atoms with Crippen molar-refractivity contribution in [1.82, 2.24) is 9.36 Å². The molecule has 0 aromatic carbocycles. The second-order valence-electron chi connectivity index (χ2n) is 3.14. The molecule has 0 bridgehead atoms. The van der Waals surface area contributed by atoms with Crippen LogP contribution in [0.1, 0.15) is 33.6 Å². The fourth-order valence-corrected chi connectivity index (χ4v) is 1.49. The van der Waals surface area contributed by atoms with Gasteiger partial charge in [0.15, 0.2) is 0 Å². The molecule has 0 saturated heterocycles. The van der Waals surface area contributed by atoms with Crippen molar-refractivity contribution in [2.24, 2.45) is 0 Å². The standard InChI is InChI=1S/C8H15N3S/c1-4-8(3,5-2)11-7-9-6-10-12-7/h6H,4-5H2,1-3H3,(H,9,10,11). The third-order valence-electron chi connectivity index (χ3n) is 2.33. The topological polar surface area (TPSA) is 37.8 Å². The molecule has 1 rings (SSSR count). The number of hydrogen-bond donors (Lipinski definition) is 1. The molecule has 0 radical (unpaired) electrons. The quantitative estimate of drug-likeness (QED) is 0.783. The SMILES string of the molecule is CCC(C)(CC)Nc1ncns1. The second-order valence-corrected chi connectivity index (χ2v) is 3.92. The van der Waals surface area contributed by atoms with E-state index in [9.17, 15) is 0 Å². The maximum absolute atomic E-state index is 4.09. The lowest BCUT2D eigenvalue weighted by Gasteiger charge is -2.27. The monoisotopic (exact) mass is 185 g/mol. The molecule has 0 saturated carbocycles. The van der Waals surface area contributed by atoms with Gasteiger partial charge < -0.3 is 5.32 Å². The molecule has 0 aliphatic rings. The van der Waals surface area contributed by atoms with E-state index in [0.717, 1.165) is 18.0 Å². The normalized spacial score (nSPS) is 11.6. The van der Waals surface area contributed by atoms with Crippen molar-refractivity contribution in [1.29, 1.82) is 0 Å². The molecule has 0 unspecified atom stereocenters. The molecular weight excluding hydrogens is 170 g/mol. The summed E-state index contributed by atoms with van der Waals surface area (Å²) in [6, 6.07) is 0. The number of nitrogens with one attached hydrogen (secondary N) is 1. The summed E-state index contributed by atoms with van der Waals surface area (Å²) in [7, 11) is 0. The van der Waals surface area contributed by atoms with E-state index in [2.05, 4.69) is 35.4 Å². The fraction of sp³-hybridized carbons (Fsp3) is 0.750. The lowest BCUT2D eigenvalue weighted by molar-refractivity contribution is 0.478. The molecule has 0 spiro atoms. The van der Waals surface area contributed by atoms with Crippen LogP contribution in [0.2, 0.25) is 0 Å². The Morgan fingerprint density at radius 3 is 2.58 bits per heavy atom. The first kappa shape index (κ1) is 9.45. The van der Waals surface area contributed by atoms with Crippen molar-refractivity contribution in [2.45, 2.75) is 39.2 Å². The molecule has 68 valence electrons. The summed E-state index contributed by atoms with van der Waals surface area (Å²) in [5.41, 5.74) is 0.166. The third kappa shape index (κ3) is 2.17. The van der Waals surface area contributed by atoms with Crippen molar-refractivity contribution in [3.05, 3.63) is 6.33 Å². The van der Waals surface area contributed by atoms with Gasteiger partial charge in [-0.1, -0.05) is 13.8 Å². The number of rotatable bonds is 4. The van der Waals surface area contributed by atoms with Gasteiger partial charge in [-0.25, -0.2) is 4.98 Å². The molecule has 12 heavy (non-hydrogen) atoms. The van der Waals surface area contributed by atoms with Gasteiger partial charge in [-0.15, -0.1) is 0 Å². The van der Waals surface area contributed by atoms with Crippen molar-refractivity contribution >= 4 is 16.7 Å². The van der Waals surface area contributed by atoms with E-state index in [4.69, 9.17) is 0 Å². The van der Waals surface area contributed by atoms with E-state index < -0.39 is 0 Å². The zero-order valence-electron chi connectivity index (χ0n) is 7.79. The zero-order chi connectivity index (χ0) is 9.03. The van der Waals surface area contributed by atoms with Crippen LogP contribution in [-0.2, 0) is 0 Å². The molecule has 1 aromatic rings. The molecular formula is C8H15N3S. The summed E-state index contributed by atoms with van der Waals surface area (Å²) in [6.45, 7) is 6.56. The molecule has 0 aliphatic heterocycles. The van der Waals surface area contributed by atoms with Gasteiger partial charge in [-0.05, 0) is 19.8 Å². The van der Waals surface area contributed by atoms with Crippen molar-refractivity contribution in [3.8, 4) is 0 Å². The molecule has 1 aromatic heterocycles. The summed E-state index contributed by atoms with van der Waals surface area (Å²) in [5, 5.41) is 4.30. The van der Waals surface area contributed by atoms with E-state index >= 15 is 0 Å². The maximum Gasteiger partial charge on any atom is 0.202 e. The van der Waals surface area contributed by atoms with Crippen LogP contribution in [0.5, 0.6) is 0 Å². The lowest BCUT2D eigenvalue weighted by atomic mass is 9.96. The van der Waals surface area contributed by atoms with Crippen molar-refractivity contribution in [2.75, 3.05) is 5.32 Å². The van der Waals surface area contributed by atoms with Crippen LogP contribution in [0.25, 0.3) is 0 Å². The van der Waals surface area contributed by atoms with Gasteiger partial charge in [0.25, 0.3) is 0 Å². The van der Waals surface area contributed by atoms with E-state index in [1.807, 2.05) is 0 Å². The average Bonchev–Trinajstić information content (AvgIpc) is 2.57. The molecule has 0 aliphatic carbocycles. The minimum atomic E-state index is 0.166. The largest absolute Gasteiger partial charge is 0.355 e. The Morgan fingerprint density at radius 2 is 2.17 bits per heavy atom. The predicted octanol–water partition coefficient (Wildman–Crippen LogP) is 2.53. The van der Waals surface area contributed by atoms with Gasteiger partial charge in [0.2, 0.25) is 5.13 Å². The van der Waals surface area contributed by atoms with Crippen LogP contribution in [0.4, 0.5) is 5.13 Å². The zero-order valence-corrected chi connectivity index (χ0v) is 8.61. The van der Waals surface area contributed by atoms with Crippen molar-refractivity contribution < 1.29 is 0 Å². The number of aromatic nitrogens is 2. The average molecular weight is 185 g/mol. The highest BCUT2D eigenvalue weighted by molar-refractivity contribution is 7.09. The van der Waals surface area contributed by atoms with Gasteiger partial charge in [0, 0.05) is 17.1 Å². The number of hydrogen-bond acceptors (Lipinski definition) is 4. The Bertz CT molecular complexity index is 216. The van der Waals surface area contributed by atoms with Crippen LogP contribution in [0, 0.1) is 0 Å². The Morgan fingerprint density at radius 1 is 1.50 bits per heavy atom. The van der Waals surface area contributed by atoms with Crippen LogP contribution in [-0.4, -0.2) is 14.9 Å². The molecule has 1 N–H and O–H groups in total. The second kappa shape index (κ2) is 3.85. The van der Waals surface area contributed by atoms with Gasteiger partial charge in [-0.3, -0.25) is 0 Å². The highest BCUT2D eigenvalue weighted by Gasteiger charge is 2.19. The molecule has 1 heterocycles. The minimum absolute atomic E-state index is 0.166. The smallest absolute Gasteiger partial charge is 0.202 e. The third-order valence-corrected chi connectivity index (χ3v) is 2.91. The lowest BCUT2D eigenvalue weighted by Crippen LogP contribution is -2.32. The summed E-state index contributed by atoms with van der Waals surface area (Å²) < 4.78 is 3.94. The van der Waals surface area contributed by atoms with Crippen LogP contribution < -0.4 is 5.32 Å². The van der Waals surface area contributed by atoms with E-state index in [1.54, 1.807) is 6.33 Å². The number of nitrogens with zero attached hydrogens (tertiary/aromatic N) is 2. The molecule has 3 nitrogen and oxygen atoms in total. The van der Waals surface area contributed by atoms with Gasteiger partial charge in [0.05, 0.1) is 0 Å². The fourth-order valence-electron chi connectivity index (χ4n) is 0.913. The maximum atomic E-state index is 4.09. The highest BCUT2D eigenvalue weighted by Crippen LogP contribution is 2.21. The Balaban J connectivity index is 2.60. The van der Waals surface area contributed by atoms with Gasteiger partial charge in [0.1, 0.15) is 6.33 Å². The Hall–Kier alpha value is -0.640. The minimum Gasteiger partial charge on any atom is -0.355 e. The molecule has 0 atom stereocenters. The predicted molar refractivity (Wildman–Crippen MR) is 52.5 cm³/mol. The molecule has 0 amide bonds. The van der Waals surface area contributed by atoms with Gasteiger partial charge >= 0.3 is 0 Å². The first-order chi connectivity index (χ1) is 5.70. The van der Waals surface area contributed by atoms with Crippen LogP contribution >= 0.6 is 11.5 Å². The van der Waals surface area contributed by atoms with Crippen LogP contribution in [0.3, 0.4) is 0 Å². The summed E-state index contributed by atoms with van der Waals surface area (Å²) in [6.07, 6.45) is 3.78. The number of anilines is 1. The highest BCUT2D eigenvalue weighted by atomic mass is 32.1. The Labute approximate surface area is 77.4 Å². The first-order valence-corrected chi connectivity index (χ1v) is 5.02. The van der Waals surface area contributed by atoms with Crippen molar-refractivity contribution in [3.63, 3.8) is 0 Å². The summed E-state index contributed by atoms with van der Waals surface area (Å²) in [5.74, 6) is 0. The van der Waals surface area contributed by atoms with Crippen LogP contribution in [0.15, 0.2) is 6.33 Å².